The van der Waals surface area contributed by atoms with Gasteiger partial charge in [-0.05, 0) is 57.7 Å². The van der Waals surface area contributed by atoms with Gasteiger partial charge in [0.15, 0.2) is 0 Å². The van der Waals surface area contributed by atoms with Crippen molar-refractivity contribution in [1.82, 2.24) is 15.2 Å². The van der Waals surface area contributed by atoms with E-state index in [9.17, 15) is 4.79 Å². The summed E-state index contributed by atoms with van der Waals surface area (Å²) in [7, 11) is 0. The first kappa shape index (κ1) is 15.2. The predicted molar refractivity (Wildman–Crippen MR) is 95.1 cm³/mol. The van der Waals surface area contributed by atoms with E-state index in [0.717, 1.165) is 37.4 Å². The quantitative estimate of drug-likeness (QED) is 0.878. The molecule has 124 valence electrons. The summed E-state index contributed by atoms with van der Waals surface area (Å²) in [6.07, 6.45) is 6.42. The van der Waals surface area contributed by atoms with E-state index >= 15 is 0 Å². The van der Waals surface area contributed by atoms with Crippen molar-refractivity contribution in [2.45, 2.75) is 45.6 Å². The molecular formula is C18H25N3OS. The van der Waals surface area contributed by atoms with Crippen molar-refractivity contribution < 1.29 is 4.79 Å². The lowest BCUT2D eigenvalue weighted by Crippen LogP contribution is -2.31. The molecule has 0 spiro atoms. The van der Waals surface area contributed by atoms with Crippen molar-refractivity contribution in [1.29, 1.82) is 0 Å². The summed E-state index contributed by atoms with van der Waals surface area (Å²) in [4.78, 5) is 19.8. The van der Waals surface area contributed by atoms with Crippen LogP contribution in [0.1, 0.15) is 53.0 Å². The van der Waals surface area contributed by atoms with E-state index in [1.54, 1.807) is 11.3 Å². The van der Waals surface area contributed by atoms with Gasteiger partial charge in [0.25, 0.3) is 5.91 Å². The molecule has 2 aromatic rings. The molecule has 0 aromatic carbocycles. The maximum Gasteiger partial charge on any atom is 0.268 e. The molecule has 1 saturated carbocycles. The monoisotopic (exact) mass is 331 g/mol. The summed E-state index contributed by atoms with van der Waals surface area (Å²) in [6, 6.07) is 2.16. The Balaban J connectivity index is 1.60. The second-order valence-corrected chi connectivity index (χ2v) is 8.32. The summed E-state index contributed by atoms with van der Waals surface area (Å²) in [5, 5.41) is 3.12. The van der Waals surface area contributed by atoms with Gasteiger partial charge in [0.05, 0.1) is 10.2 Å². The molecule has 23 heavy (non-hydrogen) atoms. The fraction of sp³-hybridized carbons (Fsp3) is 0.611. The first-order valence-electron chi connectivity index (χ1n) is 8.82. The Bertz CT molecular complexity index is 707. The Labute approximate surface area is 141 Å². The number of piperidine rings is 1. The summed E-state index contributed by atoms with van der Waals surface area (Å²) in [6.45, 7) is 6.16. The second-order valence-electron chi connectivity index (χ2n) is 7.07. The van der Waals surface area contributed by atoms with E-state index < -0.39 is 0 Å². The maximum absolute atomic E-state index is 12.6. The van der Waals surface area contributed by atoms with Crippen LogP contribution in [-0.4, -0.2) is 35.4 Å². The van der Waals surface area contributed by atoms with Crippen LogP contribution in [-0.2, 0) is 6.54 Å². The summed E-state index contributed by atoms with van der Waals surface area (Å²) in [5.74, 6) is 0.785. The highest BCUT2D eigenvalue weighted by atomic mass is 32.1. The summed E-state index contributed by atoms with van der Waals surface area (Å²) < 4.78 is 1.27. The Morgan fingerprint density at radius 3 is 2.87 bits per heavy atom. The number of amides is 1. The van der Waals surface area contributed by atoms with Crippen LogP contribution in [0.3, 0.4) is 0 Å². The van der Waals surface area contributed by atoms with Crippen LogP contribution in [0.15, 0.2) is 6.07 Å². The third kappa shape index (κ3) is 3.31. The molecule has 2 aromatic heterocycles. The van der Waals surface area contributed by atoms with Crippen LogP contribution in [0.5, 0.6) is 0 Å². The van der Waals surface area contributed by atoms with Crippen LogP contribution in [0, 0.1) is 12.8 Å². The Hall–Kier alpha value is -1.33. The van der Waals surface area contributed by atoms with Gasteiger partial charge >= 0.3 is 0 Å². The van der Waals surface area contributed by atoms with Crippen molar-refractivity contribution >= 4 is 27.5 Å². The number of carbonyl (C=O) groups excluding carboxylic acids is 1. The number of carbonyl (C=O) groups is 1. The lowest BCUT2D eigenvalue weighted by molar-refractivity contribution is 0.0945. The molecule has 3 heterocycles. The highest BCUT2D eigenvalue weighted by Gasteiger charge is 2.25. The fourth-order valence-electron chi connectivity index (χ4n) is 3.49. The van der Waals surface area contributed by atoms with Crippen LogP contribution < -0.4 is 5.32 Å². The number of thiophene rings is 1. The SMILES string of the molecule is Cc1cc2[nH]c(C(=O)NCC3CC3)c(CN3CCCCC3)c2s1. The lowest BCUT2D eigenvalue weighted by Gasteiger charge is -2.26. The normalized spacial score (nSPS) is 19.3. The molecule has 2 N–H and O–H groups in total. The molecule has 4 nitrogen and oxygen atoms in total. The summed E-state index contributed by atoms with van der Waals surface area (Å²) >= 11 is 1.80. The van der Waals surface area contributed by atoms with E-state index in [1.165, 1.54) is 47.2 Å². The minimum Gasteiger partial charge on any atom is -0.350 e. The topological polar surface area (TPSA) is 48.1 Å². The highest BCUT2D eigenvalue weighted by Crippen LogP contribution is 2.32. The Kier molecular flexibility index (Phi) is 4.16. The average molecular weight is 331 g/mol. The van der Waals surface area contributed by atoms with E-state index in [2.05, 4.69) is 28.2 Å². The lowest BCUT2D eigenvalue weighted by atomic mass is 10.1. The number of H-pyrrole nitrogens is 1. The van der Waals surface area contributed by atoms with Gasteiger partial charge in [0.2, 0.25) is 0 Å². The third-order valence-corrected chi connectivity index (χ3v) is 6.11. The van der Waals surface area contributed by atoms with Gasteiger partial charge in [-0.1, -0.05) is 6.42 Å². The van der Waals surface area contributed by atoms with Crippen LogP contribution in [0.2, 0.25) is 0 Å². The molecule has 1 aliphatic carbocycles. The Morgan fingerprint density at radius 2 is 2.13 bits per heavy atom. The first-order chi connectivity index (χ1) is 11.2. The number of nitrogens with zero attached hydrogens (tertiary/aromatic N) is 1. The predicted octanol–water partition coefficient (Wildman–Crippen LogP) is 3.66. The fourth-order valence-corrected chi connectivity index (χ4v) is 4.50. The molecule has 0 atom stereocenters. The number of nitrogens with one attached hydrogen (secondary N) is 2. The van der Waals surface area contributed by atoms with Gasteiger partial charge in [-0.25, -0.2) is 0 Å². The van der Waals surface area contributed by atoms with Crippen molar-refractivity contribution in [3.05, 3.63) is 22.2 Å². The number of aromatic amines is 1. The number of rotatable bonds is 5. The largest absolute Gasteiger partial charge is 0.350 e. The number of aryl methyl sites for hydroxylation is 1. The first-order valence-corrected chi connectivity index (χ1v) is 9.64. The van der Waals surface area contributed by atoms with Crippen LogP contribution in [0.25, 0.3) is 10.2 Å². The molecule has 2 fully saturated rings. The van der Waals surface area contributed by atoms with Gasteiger partial charge in [-0.2, -0.15) is 0 Å². The smallest absolute Gasteiger partial charge is 0.268 e. The molecule has 5 heteroatoms. The minimum atomic E-state index is 0.0740. The molecule has 2 aliphatic rings. The zero-order chi connectivity index (χ0) is 15.8. The number of likely N-dealkylation sites (tertiary alicyclic amines) is 1. The van der Waals surface area contributed by atoms with Gasteiger partial charge in [-0.15, -0.1) is 11.3 Å². The van der Waals surface area contributed by atoms with Gasteiger partial charge in [0, 0.05) is 23.5 Å². The Morgan fingerprint density at radius 1 is 1.35 bits per heavy atom. The number of fused-ring (bicyclic) bond motifs is 1. The van der Waals surface area contributed by atoms with E-state index in [0.29, 0.717) is 5.92 Å². The third-order valence-electron chi connectivity index (χ3n) is 5.00. The van der Waals surface area contributed by atoms with Crippen molar-refractivity contribution in [2.24, 2.45) is 5.92 Å². The van der Waals surface area contributed by atoms with E-state index in [1.807, 2.05) is 0 Å². The zero-order valence-corrected chi connectivity index (χ0v) is 14.6. The molecule has 0 bridgehead atoms. The van der Waals surface area contributed by atoms with Crippen LogP contribution >= 0.6 is 11.3 Å². The summed E-state index contributed by atoms with van der Waals surface area (Å²) in [5.41, 5.74) is 3.11. The standard InChI is InChI=1S/C18H25N3OS/c1-12-9-15-17(23-12)14(11-21-7-3-2-4-8-21)16(20-15)18(22)19-10-13-5-6-13/h9,13,20H,2-8,10-11H2,1H3,(H,19,22). The molecule has 4 rings (SSSR count). The van der Waals surface area contributed by atoms with Crippen molar-refractivity contribution in [3.8, 4) is 0 Å². The molecular weight excluding hydrogens is 306 g/mol. The van der Waals surface area contributed by atoms with Gasteiger partial charge in [0.1, 0.15) is 5.69 Å². The minimum absolute atomic E-state index is 0.0740. The van der Waals surface area contributed by atoms with E-state index in [4.69, 9.17) is 0 Å². The van der Waals surface area contributed by atoms with Crippen LogP contribution in [0.4, 0.5) is 0 Å². The molecule has 1 amide bonds. The molecule has 0 radical (unpaired) electrons. The van der Waals surface area contributed by atoms with Gasteiger partial charge in [-0.3, -0.25) is 9.69 Å². The molecule has 1 saturated heterocycles. The maximum atomic E-state index is 12.6. The molecule has 1 aliphatic heterocycles. The average Bonchev–Trinajstić information content (AvgIpc) is 3.23. The van der Waals surface area contributed by atoms with Crippen molar-refractivity contribution in [3.63, 3.8) is 0 Å². The zero-order valence-electron chi connectivity index (χ0n) is 13.8. The second kappa shape index (κ2) is 6.29. The number of aromatic nitrogens is 1. The number of hydrogen-bond donors (Lipinski definition) is 2. The number of hydrogen-bond acceptors (Lipinski definition) is 3. The van der Waals surface area contributed by atoms with Crippen molar-refractivity contribution in [2.75, 3.05) is 19.6 Å². The van der Waals surface area contributed by atoms with E-state index in [-0.39, 0.29) is 5.91 Å². The highest BCUT2D eigenvalue weighted by molar-refractivity contribution is 7.19. The van der Waals surface area contributed by atoms with Gasteiger partial charge < -0.3 is 10.3 Å². The molecule has 0 unspecified atom stereocenters.